The van der Waals surface area contributed by atoms with Crippen molar-refractivity contribution in [3.05, 3.63) is 53.6 Å². The van der Waals surface area contributed by atoms with Gasteiger partial charge in [0.25, 0.3) is 11.8 Å². The van der Waals surface area contributed by atoms with Gasteiger partial charge in [0.1, 0.15) is 11.5 Å². The lowest BCUT2D eigenvalue weighted by molar-refractivity contribution is 0.0434. The number of ether oxygens (including phenoxy) is 1. The number of nitrogens with zero attached hydrogens (tertiary/aromatic N) is 1. The molecule has 0 saturated heterocycles. The van der Waals surface area contributed by atoms with Crippen LogP contribution in [0.5, 0.6) is 11.5 Å². The van der Waals surface area contributed by atoms with Crippen molar-refractivity contribution in [1.82, 2.24) is 4.90 Å². The third-order valence-corrected chi connectivity index (χ3v) is 5.83. The number of carbonyl (C=O) groups excluding carboxylic acids is 2. The molecule has 3 rings (SSSR count). The first-order valence-corrected chi connectivity index (χ1v) is 9.78. The lowest BCUT2D eigenvalue weighted by atomic mass is 9.93. The molecule has 1 atom stereocenters. The number of hydrogen-bond donors (Lipinski definition) is 0. The maximum atomic E-state index is 12.9. The van der Waals surface area contributed by atoms with Gasteiger partial charge in [-0.25, -0.2) is 0 Å². The minimum Gasteiger partial charge on any atom is -0.768 e. The number of carbonyl (C=O) groups is 2. The fourth-order valence-corrected chi connectivity index (χ4v) is 3.45. The van der Waals surface area contributed by atoms with E-state index in [-0.39, 0.29) is 16.7 Å². The van der Waals surface area contributed by atoms with Crippen LogP contribution in [0.3, 0.4) is 0 Å². The van der Waals surface area contributed by atoms with Gasteiger partial charge in [-0.05, 0) is 73.3 Å². The van der Waals surface area contributed by atoms with Crippen molar-refractivity contribution >= 4 is 22.9 Å². The van der Waals surface area contributed by atoms with Crippen LogP contribution in [0.15, 0.2) is 47.4 Å². The lowest BCUT2D eigenvalue weighted by Crippen LogP contribution is -2.48. The van der Waals surface area contributed by atoms with Crippen LogP contribution < -0.4 is 4.74 Å². The van der Waals surface area contributed by atoms with Crippen LogP contribution in [0.4, 0.5) is 0 Å². The molecule has 142 valence electrons. The first-order valence-electron chi connectivity index (χ1n) is 8.71. The predicted molar refractivity (Wildman–Crippen MR) is 99.6 cm³/mol. The number of benzene rings is 2. The van der Waals surface area contributed by atoms with E-state index in [1.165, 1.54) is 29.2 Å². The fraction of sp³-hybridized carbons (Fsp3) is 0.300. The van der Waals surface area contributed by atoms with Gasteiger partial charge in [-0.1, -0.05) is 13.8 Å². The molecule has 0 fully saturated rings. The largest absolute Gasteiger partial charge is 0.768 e. The minimum absolute atomic E-state index is 0.158. The van der Waals surface area contributed by atoms with E-state index in [4.69, 9.17) is 4.74 Å². The van der Waals surface area contributed by atoms with E-state index in [9.17, 15) is 18.4 Å². The number of hydrogen-bond acceptors (Lipinski definition) is 5. The van der Waals surface area contributed by atoms with E-state index in [0.717, 1.165) is 0 Å². The molecule has 0 spiro atoms. The summed E-state index contributed by atoms with van der Waals surface area (Å²) < 4.78 is 27.5. The molecule has 2 amide bonds. The van der Waals surface area contributed by atoms with Crippen LogP contribution >= 0.6 is 0 Å². The zero-order valence-corrected chi connectivity index (χ0v) is 16.2. The summed E-state index contributed by atoms with van der Waals surface area (Å²) in [7, 11) is 0. The highest BCUT2D eigenvalue weighted by Gasteiger charge is 2.44. The Hall–Kier alpha value is -2.51. The topological polar surface area (TPSA) is 86.7 Å². The van der Waals surface area contributed by atoms with Gasteiger partial charge in [-0.3, -0.25) is 18.7 Å². The Bertz CT molecular complexity index is 918. The van der Waals surface area contributed by atoms with Gasteiger partial charge in [-0.2, -0.15) is 0 Å². The second kappa shape index (κ2) is 7.25. The van der Waals surface area contributed by atoms with E-state index in [1.807, 2.05) is 20.8 Å². The molecule has 0 radical (unpaired) electrons. The van der Waals surface area contributed by atoms with E-state index in [2.05, 4.69) is 0 Å². The average Bonchev–Trinajstić information content (AvgIpc) is 2.92. The van der Waals surface area contributed by atoms with Crippen molar-refractivity contribution in [3.8, 4) is 11.5 Å². The smallest absolute Gasteiger partial charge is 0.262 e. The van der Waals surface area contributed by atoms with Crippen molar-refractivity contribution in [2.45, 2.75) is 44.0 Å². The SMILES string of the molecule is CCC(C)(CC)N1C(=O)c2ccc(Oc3ccc(S(=O)[O-])cc3)cc2C1=O. The van der Waals surface area contributed by atoms with Crippen molar-refractivity contribution in [1.29, 1.82) is 0 Å². The first kappa shape index (κ1) is 19.3. The Kier molecular flexibility index (Phi) is 5.17. The number of fused-ring (bicyclic) bond motifs is 1. The Balaban J connectivity index is 1.89. The Labute approximate surface area is 160 Å². The quantitative estimate of drug-likeness (QED) is 0.555. The highest BCUT2D eigenvalue weighted by Crippen LogP contribution is 2.35. The summed E-state index contributed by atoms with van der Waals surface area (Å²) in [5.41, 5.74) is 0.165. The summed E-state index contributed by atoms with van der Waals surface area (Å²) in [6.07, 6.45) is 1.34. The second-order valence-corrected chi connectivity index (χ2v) is 7.61. The molecule has 1 aliphatic rings. The van der Waals surface area contributed by atoms with Gasteiger partial charge in [0.05, 0.1) is 11.1 Å². The maximum Gasteiger partial charge on any atom is 0.262 e. The van der Waals surface area contributed by atoms with E-state index in [0.29, 0.717) is 35.5 Å². The van der Waals surface area contributed by atoms with Crippen LogP contribution in [0, 0.1) is 0 Å². The zero-order valence-electron chi connectivity index (χ0n) is 15.4. The van der Waals surface area contributed by atoms with Crippen LogP contribution in [0.1, 0.15) is 54.3 Å². The minimum atomic E-state index is -2.30. The zero-order chi connectivity index (χ0) is 19.8. The van der Waals surface area contributed by atoms with E-state index >= 15 is 0 Å². The van der Waals surface area contributed by atoms with Crippen molar-refractivity contribution in [2.75, 3.05) is 0 Å². The standard InChI is InChI=1S/C20H21NO5S/c1-4-20(3,5-2)21-18(22)16-11-8-14(12-17(16)19(21)23)26-13-6-9-15(10-7-13)27(24)25/h6-12H,4-5H2,1-3H3,(H,24,25)/p-1. The molecule has 2 aromatic rings. The van der Waals surface area contributed by atoms with Crippen LogP contribution in [0.2, 0.25) is 0 Å². The van der Waals surface area contributed by atoms with Crippen LogP contribution in [-0.4, -0.2) is 31.0 Å². The molecule has 6 nitrogen and oxygen atoms in total. The van der Waals surface area contributed by atoms with Gasteiger partial charge in [0.15, 0.2) is 0 Å². The summed E-state index contributed by atoms with van der Waals surface area (Å²) in [4.78, 5) is 27.1. The molecular weight excluding hydrogens is 366 g/mol. The molecule has 2 aromatic carbocycles. The summed E-state index contributed by atoms with van der Waals surface area (Å²) in [6.45, 7) is 5.83. The lowest BCUT2D eigenvalue weighted by Gasteiger charge is -2.35. The second-order valence-electron chi connectivity index (χ2n) is 6.67. The highest BCUT2D eigenvalue weighted by atomic mass is 32.2. The maximum absolute atomic E-state index is 12.9. The molecule has 1 heterocycles. The molecule has 0 aromatic heterocycles. The fourth-order valence-electron chi connectivity index (χ4n) is 3.09. The molecular formula is C20H20NO5S-. The average molecular weight is 386 g/mol. The number of imide groups is 1. The van der Waals surface area contributed by atoms with Gasteiger partial charge in [0, 0.05) is 10.4 Å². The van der Waals surface area contributed by atoms with Gasteiger partial charge < -0.3 is 9.29 Å². The van der Waals surface area contributed by atoms with Gasteiger partial charge >= 0.3 is 0 Å². The van der Waals surface area contributed by atoms with Crippen molar-refractivity contribution < 1.29 is 23.1 Å². The Morgan fingerprint density at radius 2 is 1.52 bits per heavy atom. The summed E-state index contributed by atoms with van der Waals surface area (Å²) >= 11 is -2.30. The highest BCUT2D eigenvalue weighted by molar-refractivity contribution is 7.79. The van der Waals surface area contributed by atoms with Crippen LogP contribution in [-0.2, 0) is 11.1 Å². The molecule has 0 aliphatic carbocycles. The molecule has 27 heavy (non-hydrogen) atoms. The third kappa shape index (κ3) is 3.40. The summed E-state index contributed by atoms with van der Waals surface area (Å²) in [5, 5.41) is 0. The number of rotatable bonds is 6. The van der Waals surface area contributed by atoms with Crippen molar-refractivity contribution in [2.24, 2.45) is 0 Å². The summed E-state index contributed by atoms with van der Waals surface area (Å²) in [6, 6.07) is 10.7. The molecule has 0 bridgehead atoms. The number of amides is 2. The third-order valence-electron chi connectivity index (χ3n) is 5.17. The molecule has 1 aliphatic heterocycles. The molecule has 0 N–H and O–H groups in total. The molecule has 1 unspecified atom stereocenters. The molecule has 7 heteroatoms. The monoisotopic (exact) mass is 386 g/mol. The van der Waals surface area contributed by atoms with E-state index in [1.54, 1.807) is 18.2 Å². The Morgan fingerprint density at radius 3 is 2.07 bits per heavy atom. The van der Waals surface area contributed by atoms with Gasteiger partial charge in [-0.15, -0.1) is 0 Å². The van der Waals surface area contributed by atoms with Crippen molar-refractivity contribution in [3.63, 3.8) is 0 Å². The summed E-state index contributed by atoms with van der Waals surface area (Å²) in [5.74, 6) is 0.242. The van der Waals surface area contributed by atoms with Gasteiger partial charge in [0.2, 0.25) is 0 Å². The van der Waals surface area contributed by atoms with Crippen LogP contribution in [0.25, 0.3) is 0 Å². The Morgan fingerprint density at radius 1 is 0.963 bits per heavy atom. The molecule has 0 saturated carbocycles. The predicted octanol–water partition coefficient (Wildman–Crippen LogP) is 3.89. The van der Waals surface area contributed by atoms with E-state index < -0.39 is 16.6 Å². The normalized spacial score (nSPS) is 15.0. The first-order chi connectivity index (χ1) is 12.8.